The second-order valence-electron chi connectivity index (χ2n) is 5.55. The first-order valence-electron chi connectivity index (χ1n) is 6.89. The van der Waals surface area contributed by atoms with Crippen LogP contribution < -0.4 is 10.2 Å². The predicted octanol–water partition coefficient (Wildman–Crippen LogP) is 2.29. The van der Waals surface area contributed by atoms with Crippen molar-refractivity contribution in [3.8, 4) is 0 Å². The Labute approximate surface area is 104 Å². The van der Waals surface area contributed by atoms with Crippen molar-refractivity contribution in [1.29, 1.82) is 0 Å². The number of hydrogen-bond acceptors (Lipinski definition) is 2. The van der Waals surface area contributed by atoms with Crippen molar-refractivity contribution < 1.29 is 0 Å². The number of rotatable bonds is 2. The molecule has 92 valence electrons. The Morgan fingerprint density at radius 2 is 1.76 bits per heavy atom. The van der Waals surface area contributed by atoms with Gasteiger partial charge in [0.15, 0.2) is 0 Å². The summed E-state index contributed by atoms with van der Waals surface area (Å²) in [6.07, 6.45) is 2.56. The van der Waals surface area contributed by atoms with Crippen molar-refractivity contribution in [3.63, 3.8) is 0 Å². The number of aryl methyl sites for hydroxylation is 1. The fourth-order valence-electron chi connectivity index (χ4n) is 3.26. The van der Waals surface area contributed by atoms with Crippen LogP contribution in [0.4, 0.5) is 5.69 Å². The van der Waals surface area contributed by atoms with E-state index in [0.717, 1.165) is 18.3 Å². The normalized spacial score (nSPS) is 28.2. The van der Waals surface area contributed by atoms with E-state index < -0.39 is 0 Å². The zero-order chi connectivity index (χ0) is 11.7. The molecule has 2 bridgehead atoms. The summed E-state index contributed by atoms with van der Waals surface area (Å²) < 4.78 is 0. The van der Waals surface area contributed by atoms with E-state index in [1.807, 2.05) is 0 Å². The SMILES string of the molecule is CCc1ccc(N2CC3CNCC(C3)C2)cc1. The maximum absolute atomic E-state index is 3.55. The second-order valence-corrected chi connectivity index (χ2v) is 5.55. The average Bonchev–Trinajstić information content (AvgIpc) is 2.38. The smallest absolute Gasteiger partial charge is 0.0366 e. The van der Waals surface area contributed by atoms with E-state index in [4.69, 9.17) is 0 Å². The van der Waals surface area contributed by atoms with Crippen molar-refractivity contribution in [3.05, 3.63) is 29.8 Å². The molecule has 2 aliphatic heterocycles. The molecule has 1 aromatic rings. The summed E-state index contributed by atoms with van der Waals surface area (Å²) in [4.78, 5) is 2.58. The maximum Gasteiger partial charge on any atom is 0.0366 e. The van der Waals surface area contributed by atoms with Gasteiger partial charge in [-0.25, -0.2) is 0 Å². The molecule has 2 unspecified atom stereocenters. The number of hydrogen-bond donors (Lipinski definition) is 1. The number of nitrogens with one attached hydrogen (secondary N) is 1. The topological polar surface area (TPSA) is 15.3 Å². The van der Waals surface area contributed by atoms with Gasteiger partial charge in [-0.1, -0.05) is 19.1 Å². The molecule has 1 N–H and O–H groups in total. The molecule has 2 atom stereocenters. The van der Waals surface area contributed by atoms with Gasteiger partial charge >= 0.3 is 0 Å². The number of nitrogens with zero attached hydrogens (tertiary/aromatic N) is 1. The van der Waals surface area contributed by atoms with Gasteiger partial charge in [-0.15, -0.1) is 0 Å². The molecule has 2 fully saturated rings. The van der Waals surface area contributed by atoms with E-state index >= 15 is 0 Å². The van der Waals surface area contributed by atoms with E-state index in [0.29, 0.717) is 0 Å². The summed E-state index contributed by atoms with van der Waals surface area (Å²) in [6, 6.07) is 9.15. The average molecular weight is 230 g/mol. The third-order valence-corrected chi connectivity index (χ3v) is 4.20. The Balaban J connectivity index is 1.74. The van der Waals surface area contributed by atoms with E-state index in [1.54, 1.807) is 0 Å². The lowest BCUT2D eigenvalue weighted by atomic mass is 9.85. The lowest BCUT2D eigenvalue weighted by molar-refractivity contribution is 0.250. The van der Waals surface area contributed by atoms with E-state index in [-0.39, 0.29) is 0 Å². The molecular formula is C15H22N2. The summed E-state index contributed by atoms with van der Waals surface area (Å²) >= 11 is 0. The van der Waals surface area contributed by atoms with E-state index in [1.165, 1.54) is 43.9 Å². The molecule has 2 aliphatic rings. The van der Waals surface area contributed by atoms with Crippen molar-refractivity contribution in [2.45, 2.75) is 19.8 Å². The van der Waals surface area contributed by atoms with Gasteiger partial charge < -0.3 is 10.2 Å². The van der Waals surface area contributed by atoms with Gasteiger partial charge in [-0.2, -0.15) is 0 Å². The molecule has 0 saturated carbocycles. The number of anilines is 1. The minimum atomic E-state index is 0.855. The molecule has 17 heavy (non-hydrogen) atoms. The fourth-order valence-corrected chi connectivity index (χ4v) is 3.26. The van der Waals surface area contributed by atoms with Crippen LogP contribution in [0.3, 0.4) is 0 Å². The summed E-state index contributed by atoms with van der Waals surface area (Å²) in [6.45, 7) is 7.09. The summed E-state index contributed by atoms with van der Waals surface area (Å²) in [5.74, 6) is 1.71. The zero-order valence-electron chi connectivity index (χ0n) is 10.7. The Bertz CT molecular complexity index is 359. The molecule has 3 rings (SSSR count). The lowest BCUT2D eigenvalue weighted by Gasteiger charge is -2.42. The lowest BCUT2D eigenvalue weighted by Crippen LogP contribution is -2.51. The third-order valence-electron chi connectivity index (χ3n) is 4.20. The summed E-state index contributed by atoms with van der Waals surface area (Å²) in [5.41, 5.74) is 2.85. The first kappa shape index (κ1) is 11.1. The van der Waals surface area contributed by atoms with Gasteiger partial charge in [0.05, 0.1) is 0 Å². The molecule has 0 aromatic heterocycles. The Kier molecular flexibility index (Phi) is 3.06. The molecule has 2 heteroatoms. The van der Waals surface area contributed by atoms with E-state index in [9.17, 15) is 0 Å². The zero-order valence-corrected chi connectivity index (χ0v) is 10.7. The molecule has 2 saturated heterocycles. The van der Waals surface area contributed by atoms with Crippen molar-refractivity contribution in [2.75, 3.05) is 31.1 Å². The highest BCUT2D eigenvalue weighted by Gasteiger charge is 2.30. The largest absolute Gasteiger partial charge is 0.371 e. The highest BCUT2D eigenvalue weighted by atomic mass is 15.2. The second kappa shape index (κ2) is 4.69. The van der Waals surface area contributed by atoms with Gasteiger partial charge in [0, 0.05) is 18.8 Å². The van der Waals surface area contributed by atoms with Gasteiger partial charge in [-0.3, -0.25) is 0 Å². The van der Waals surface area contributed by atoms with Crippen LogP contribution in [-0.4, -0.2) is 26.2 Å². The minimum Gasteiger partial charge on any atom is -0.371 e. The predicted molar refractivity (Wildman–Crippen MR) is 72.5 cm³/mol. The monoisotopic (exact) mass is 230 g/mol. The maximum atomic E-state index is 3.55. The van der Waals surface area contributed by atoms with Crippen LogP contribution in [0.15, 0.2) is 24.3 Å². The van der Waals surface area contributed by atoms with Crippen LogP contribution in [0.5, 0.6) is 0 Å². The minimum absolute atomic E-state index is 0.855. The molecule has 0 radical (unpaired) electrons. The Hall–Kier alpha value is -1.02. The Morgan fingerprint density at radius 1 is 1.12 bits per heavy atom. The molecule has 1 aromatic carbocycles. The molecular weight excluding hydrogens is 208 g/mol. The van der Waals surface area contributed by atoms with Crippen LogP contribution in [0.2, 0.25) is 0 Å². The number of benzene rings is 1. The van der Waals surface area contributed by atoms with Gasteiger partial charge in [0.25, 0.3) is 0 Å². The highest BCUT2D eigenvalue weighted by molar-refractivity contribution is 5.48. The van der Waals surface area contributed by atoms with E-state index in [2.05, 4.69) is 41.4 Å². The quantitative estimate of drug-likeness (QED) is 0.838. The van der Waals surface area contributed by atoms with Gasteiger partial charge in [0.2, 0.25) is 0 Å². The van der Waals surface area contributed by atoms with Crippen LogP contribution in [0.25, 0.3) is 0 Å². The van der Waals surface area contributed by atoms with Crippen molar-refractivity contribution in [2.24, 2.45) is 11.8 Å². The molecule has 0 amide bonds. The van der Waals surface area contributed by atoms with Crippen LogP contribution in [0, 0.1) is 11.8 Å². The standard InChI is InChI=1S/C15H22N2/c1-2-12-3-5-15(6-4-12)17-10-13-7-14(11-17)9-16-8-13/h3-6,13-14,16H,2,7-11H2,1H3. The third kappa shape index (κ3) is 2.32. The van der Waals surface area contributed by atoms with Crippen LogP contribution in [0.1, 0.15) is 18.9 Å². The van der Waals surface area contributed by atoms with Crippen LogP contribution in [-0.2, 0) is 6.42 Å². The highest BCUT2D eigenvalue weighted by Crippen LogP contribution is 2.28. The first-order chi connectivity index (χ1) is 8.35. The molecule has 0 aliphatic carbocycles. The van der Waals surface area contributed by atoms with Crippen molar-refractivity contribution >= 4 is 5.69 Å². The van der Waals surface area contributed by atoms with Crippen LogP contribution >= 0.6 is 0 Å². The van der Waals surface area contributed by atoms with Gasteiger partial charge in [-0.05, 0) is 55.5 Å². The van der Waals surface area contributed by atoms with Crippen molar-refractivity contribution in [1.82, 2.24) is 5.32 Å². The molecule has 2 nitrogen and oxygen atoms in total. The fraction of sp³-hybridized carbons (Fsp3) is 0.600. The van der Waals surface area contributed by atoms with Gasteiger partial charge in [0.1, 0.15) is 0 Å². The molecule has 0 spiro atoms. The summed E-state index contributed by atoms with van der Waals surface area (Å²) in [7, 11) is 0. The summed E-state index contributed by atoms with van der Waals surface area (Å²) in [5, 5.41) is 3.55. The Morgan fingerprint density at radius 3 is 2.35 bits per heavy atom. The number of fused-ring (bicyclic) bond motifs is 2. The molecule has 2 heterocycles. The number of piperidine rings is 2. The first-order valence-corrected chi connectivity index (χ1v) is 6.89.